The molecule has 0 aromatic heterocycles. The number of nitrogens with zero attached hydrogens (tertiary/aromatic N) is 1. The molecule has 0 aliphatic carbocycles. The molecule has 0 spiro atoms. The van der Waals surface area contributed by atoms with Crippen molar-refractivity contribution in [3.05, 3.63) is 66.9 Å². The summed E-state index contributed by atoms with van der Waals surface area (Å²) < 4.78 is 14.2. The van der Waals surface area contributed by atoms with Crippen LogP contribution in [0.1, 0.15) is 11.1 Å². The van der Waals surface area contributed by atoms with Gasteiger partial charge in [-0.3, -0.25) is 10.1 Å². The van der Waals surface area contributed by atoms with Crippen molar-refractivity contribution in [2.75, 3.05) is 5.32 Å². The Morgan fingerprint density at radius 3 is 2.71 bits per heavy atom. The highest BCUT2D eigenvalue weighted by Crippen LogP contribution is 2.29. The van der Waals surface area contributed by atoms with Crippen molar-refractivity contribution in [2.24, 2.45) is 0 Å². The fourth-order valence-corrected chi connectivity index (χ4v) is 2.58. The first-order valence-corrected chi connectivity index (χ1v) is 7.17. The topological polar surface area (TPSA) is 55.2 Å². The van der Waals surface area contributed by atoms with Crippen molar-refractivity contribution < 1.29 is 9.31 Å². The van der Waals surface area contributed by atoms with Crippen molar-refractivity contribution in [1.82, 2.24) is 0 Å². The van der Waals surface area contributed by atoms with Crippen molar-refractivity contribution in [2.45, 2.75) is 13.5 Å². The van der Waals surface area contributed by atoms with Gasteiger partial charge in [0, 0.05) is 22.1 Å². The Morgan fingerprint density at radius 1 is 1.33 bits per heavy atom. The van der Waals surface area contributed by atoms with Gasteiger partial charge in [0.15, 0.2) is 0 Å². The standard InChI is InChI=1S/C14H11BrClFN2O2/c1-8-2-12(15)14(6-13(8)16)18-7-9-3-10(17)5-11(4-9)19(20)21/h2-6,18H,7H2,1H3. The second-order valence-electron chi connectivity index (χ2n) is 4.51. The van der Waals surface area contributed by atoms with E-state index in [9.17, 15) is 14.5 Å². The van der Waals surface area contributed by atoms with E-state index in [2.05, 4.69) is 21.2 Å². The van der Waals surface area contributed by atoms with Crippen LogP contribution >= 0.6 is 27.5 Å². The average molecular weight is 374 g/mol. The fraction of sp³-hybridized carbons (Fsp3) is 0.143. The number of anilines is 1. The lowest BCUT2D eigenvalue weighted by molar-refractivity contribution is -0.385. The van der Waals surface area contributed by atoms with Crippen LogP contribution in [0.25, 0.3) is 0 Å². The third kappa shape index (κ3) is 3.92. The van der Waals surface area contributed by atoms with E-state index in [1.54, 1.807) is 6.07 Å². The normalized spacial score (nSPS) is 10.5. The molecule has 0 radical (unpaired) electrons. The summed E-state index contributed by atoms with van der Waals surface area (Å²) in [6, 6.07) is 7.08. The van der Waals surface area contributed by atoms with Crippen LogP contribution in [0.15, 0.2) is 34.8 Å². The SMILES string of the molecule is Cc1cc(Br)c(NCc2cc(F)cc([N+](=O)[O-])c2)cc1Cl. The molecule has 0 heterocycles. The summed E-state index contributed by atoms with van der Waals surface area (Å²) in [6.45, 7) is 2.13. The number of benzene rings is 2. The van der Waals surface area contributed by atoms with Crippen molar-refractivity contribution in [3.63, 3.8) is 0 Å². The molecule has 0 fully saturated rings. The van der Waals surface area contributed by atoms with Crippen LogP contribution in [0.4, 0.5) is 15.8 Å². The van der Waals surface area contributed by atoms with E-state index in [0.29, 0.717) is 10.6 Å². The largest absolute Gasteiger partial charge is 0.380 e. The predicted molar refractivity (Wildman–Crippen MR) is 84.3 cm³/mol. The number of rotatable bonds is 4. The molecular formula is C14H11BrClFN2O2. The number of nitro groups is 1. The molecule has 4 nitrogen and oxygen atoms in total. The molecular weight excluding hydrogens is 363 g/mol. The Balaban J connectivity index is 2.20. The van der Waals surface area contributed by atoms with Gasteiger partial charge >= 0.3 is 0 Å². The number of hydrogen-bond donors (Lipinski definition) is 1. The lowest BCUT2D eigenvalue weighted by Gasteiger charge is -2.11. The molecule has 7 heteroatoms. The lowest BCUT2D eigenvalue weighted by atomic mass is 10.1. The van der Waals surface area contributed by atoms with Gasteiger partial charge in [0.05, 0.1) is 16.7 Å². The monoisotopic (exact) mass is 372 g/mol. The Morgan fingerprint density at radius 2 is 2.05 bits per heavy atom. The predicted octanol–water partition coefficient (Wildman–Crippen LogP) is 5.07. The van der Waals surface area contributed by atoms with Crippen LogP contribution in [0.5, 0.6) is 0 Å². The van der Waals surface area contributed by atoms with Gasteiger partial charge in [-0.05, 0) is 52.2 Å². The minimum atomic E-state index is -0.637. The first kappa shape index (κ1) is 15.7. The Bertz CT molecular complexity index is 710. The number of halogens is 3. The van der Waals surface area contributed by atoms with E-state index in [-0.39, 0.29) is 12.2 Å². The summed E-state index contributed by atoms with van der Waals surface area (Å²) in [6.07, 6.45) is 0. The van der Waals surface area contributed by atoms with Gasteiger partial charge in [-0.1, -0.05) is 11.6 Å². The summed E-state index contributed by atoms with van der Waals surface area (Å²) >= 11 is 9.45. The maximum absolute atomic E-state index is 13.3. The molecule has 0 unspecified atom stereocenters. The van der Waals surface area contributed by atoms with Gasteiger partial charge < -0.3 is 5.32 Å². The van der Waals surface area contributed by atoms with Crippen molar-refractivity contribution in [3.8, 4) is 0 Å². The first-order chi connectivity index (χ1) is 9.86. The zero-order valence-corrected chi connectivity index (χ0v) is 13.3. The second kappa shape index (κ2) is 6.41. The molecule has 110 valence electrons. The van der Waals surface area contributed by atoms with E-state index in [1.165, 1.54) is 12.1 Å². The van der Waals surface area contributed by atoms with Crippen LogP contribution in [0.3, 0.4) is 0 Å². The molecule has 0 saturated carbocycles. The van der Waals surface area contributed by atoms with Gasteiger partial charge in [-0.25, -0.2) is 4.39 Å². The van der Waals surface area contributed by atoms with Crippen LogP contribution < -0.4 is 5.32 Å². The number of non-ortho nitro benzene ring substituents is 1. The number of hydrogen-bond acceptors (Lipinski definition) is 3. The molecule has 2 aromatic rings. The van der Waals surface area contributed by atoms with E-state index in [0.717, 1.165) is 21.8 Å². The van der Waals surface area contributed by atoms with E-state index < -0.39 is 10.7 Å². The summed E-state index contributed by atoms with van der Waals surface area (Å²) in [5.74, 6) is -0.637. The minimum Gasteiger partial charge on any atom is -0.380 e. The van der Waals surface area contributed by atoms with E-state index in [4.69, 9.17) is 11.6 Å². The van der Waals surface area contributed by atoms with Crippen molar-refractivity contribution >= 4 is 38.9 Å². The minimum absolute atomic E-state index is 0.247. The summed E-state index contributed by atoms with van der Waals surface area (Å²) in [4.78, 5) is 10.1. The summed E-state index contributed by atoms with van der Waals surface area (Å²) in [5, 5.41) is 14.4. The number of nitrogens with one attached hydrogen (secondary N) is 1. The summed E-state index contributed by atoms with van der Waals surface area (Å²) in [7, 11) is 0. The second-order valence-corrected chi connectivity index (χ2v) is 5.77. The van der Waals surface area contributed by atoms with Crippen LogP contribution in [-0.4, -0.2) is 4.92 Å². The lowest BCUT2D eigenvalue weighted by Crippen LogP contribution is -2.02. The van der Waals surface area contributed by atoms with Crippen LogP contribution in [-0.2, 0) is 6.54 Å². The van der Waals surface area contributed by atoms with Gasteiger partial charge in [0.2, 0.25) is 0 Å². The molecule has 0 bridgehead atoms. The van der Waals surface area contributed by atoms with Gasteiger partial charge in [-0.15, -0.1) is 0 Å². The summed E-state index contributed by atoms with van der Waals surface area (Å²) in [5.41, 5.74) is 1.87. The van der Waals surface area contributed by atoms with Gasteiger partial charge in [-0.2, -0.15) is 0 Å². The van der Waals surface area contributed by atoms with Crippen molar-refractivity contribution in [1.29, 1.82) is 0 Å². The zero-order valence-electron chi connectivity index (χ0n) is 11.0. The molecule has 2 aromatic carbocycles. The Labute approximate surface area is 134 Å². The Hall–Kier alpha value is -1.66. The molecule has 0 atom stereocenters. The fourth-order valence-electron chi connectivity index (χ4n) is 1.82. The third-order valence-electron chi connectivity index (χ3n) is 2.88. The molecule has 1 N–H and O–H groups in total. The Kier molecular flexibility index (Phi) is 4.80. The molecule has 0 aliphatic rings. The highest BCUT2D eigenvalue weighted by molar-refractivity contribution is 9.10. The average Bonchev–Trinajstić information content (AvgIpc) is 2.40. The van der Waals surface area contributed by atoms with Crippen LogP contribution in [0.2, 0.25) is 5.02 Å². The van der Waals surface area contributed by atoms with Crippen LogP contribution in [0, 0.1) is 22.9 Å². The highest BCUT2D eigenvalue weighted by atomic mass is 79.9. The molecule has 2 rings (SSSR count). The molecule has 0 amide bonds. The third-order valence-corrected chi connectivity index (χ3v) is 3.95. The van der Waals surface area contributed by atoms with Gasteiger partial charge in [0.1, 0.15) is 5.82 Å². The smallest absolute Gasteiger partial charge is 0.272 e. The molecule has 21 heavy (non-hydrogen) atoms. The van der Waals surface area contributed by atoms with E-state index in [1.807, 2.05) is 13.0 Å². The highest BCUT2D eigenvalue weighted by Gasteiger charge is 2.10. The van der Waals surface area contributed by atoms with Gasteiger partial charge in [0.25, 0.3) is 5.69 Å². The van der Waals surface area contributed by atoms with E-state index >= 15 is 0 Å². The number of nitro benzene ring substituents is 1. The zero-order chi connectivity index (χ0) is 15.6. The maximum Gasteiger partial charge on any atom is 0.272 e. The molecule has 0 saturated heterocycles. The maximum atomic E-state index is 13.3. The quantitative estimate of drug-likeness (QED) is 0.601. The number of aryl methyl sites for hydroxylation is 1. The first-order valence-electron chi connectivity index (χ1n) is 6.00. The molecule has 0 aliphatic heterocycles.